The van der Waals surface area contributed by atoms with Crippen LogP contribution in [0.15, 0.2) is 65.7 Å². The van der Waals surface area contributed by atoms with Crippen LogP contribution in [0.25, 0.3) is 11.3 Å². The van der Waals surface area contributed by atoms with Gasteiger partial charge in [-0.3, -0.25) is 24.3 Å². The molecule has 0 unspecified atom stereocenters. The van der Waals surface area contributed by atoms with Gasteiger partial charge in [-0.25, -0.2) is 9.37 Å². The molecule has 1 heterocycles. The average molecular weight is 368 g/mol. The van der Waals surface area contributed by atoms with Crippen LogP contribution in [0.1, 0.15) is 0 Å². The molecule has 0 saturated carbocycles. The maximum Gasteiger partial charge on any atom is 0.271 e. The van der Waals surface area contributed by atoms with Gasteiger partial charge < -0.3 is 5.32 Å². The zero-order chi connectivity index (χ0) is 19.4. The molecule has 3 rings (SSSR count). The number of nitro groups is 1. The first-order valence-corrected chi connectivity index (χ1v) is 7.80. The van der Waals surface area contributed by atoms with Crippen molar-refractivity contribution in [1.29, 1.82) is 0 Å². The summed E-state index contributed by atoms with van der Waals surface area (Å²) in [6.45, 7) is -0.341. The van der Waals surface area contributed by atoms with Crippen molar-refractivity contribution >= 4 is 17.3 Å². The fraction of sp³-hybridized carbons (Fsp3) is 0.0556. The molecular weight excluding hydrogens is 355 g/mol. The van der Waals surface area contributed by atoms with Crippen molar-refractivity contribution in [3.63, 3.8) is 0 Å². The molecule has 9 heteroatoms. The molecule has 0 radical (unpaired) electrons. The quantitative estimate of drug-likeness (QED) is 0.550. The summed E-state index contributed by atoms with van der Waals surface area (Å²) in [6.07, 6.45) is 1.15. The van der Waals surface area contributed by atoms with E-state index in [-0.39, 0.29) is 29.2 Å². The molecule has 0 fully saturated rings. The predicted octanol–water partition coefficient (Wildman–Crippen LogP) is 2.60. The van der Waals surface area contributed by atoms with Crippen LogP contribution in [0.2, 0.25) is 0 Å². The van der Waals surface area contributed by atoms with Crippen LogP contribution < -0.4 is 10.9 Å². The Morgan fingerprint density at radius 3 is 2.67 bits per heavy atom. The third-order valence-electron chi connectivity index (χ3n) is 3.68. The van der Waals surface area contributed by atoms with Crippen molar-refractivity contribution in [2.24, 2.45) is 0 Å². The highest BCUT2D eigenvalue weighted by Gasteiger charge is 2.11. The minimum absolute atomic E-state index is 0.161. The number of non-ortho nitro benzene ring substituents is 1. The summed E-state index contributed by atoms with van der Waals surface area (Å²) in [5.41, 5.74) is -0.118. The topological polar surface area (TPSA) is 107 Å². The molecule has 0 aliphatic carbocycles. The monoisotopic (exact) mass is 368 g/mol. The second-order valence-corrected chi connectivity index (χ2v) is 5.58. The van der Waals surface area contributed by atoms with E-state index in [9.17, 15) is 24.1 Å². The Morgan fingerprint density at radius 1 is 1.19 bits per heavy atom. The summed E-state index contributed by atoms with van der Waals surface area (Å²) >= 11 is 0. The van der Waals surface area contributed by atoms with Gasteiger partial charge in [0, 0.05) is 29.4 Å². The normalized spacial score (nSPS) is 10.4. The second-order valence-electron chi connectivity index (χ2n) is 5.58. The first kappa shape index (κ1) is 17.9. The molecule has 3 aromatic rings. The number of nitrogens with one attached hydrogen (secondary N) is 1. The standard InChI is InChI=1S/C18H13FN4O4/c19-15-7-2-1-6-14(15)16-9-18(25)22(11-20-16)10-17(24)21-12-4-3-5-13(8-12)23(26)27/h1-9,11H,10H2,(H,21,24). The van der Waals surface area contributed by atoms with Crippen molar-refractivity contribution in [2.45, 2.75) is 6.54 Å². The van der Waals surface area contributed by atoms with E-state index in [2.05, 4.69) is 10.3 Å². The third kappa shape index (κ3) is 4.21. The number of benzene rings is 2. The Morgan fingerprint density at radius 2 is 1.96 bits per heavy atom. The number of nitrogens with zero attached hydrogens (tertiary/aromatic N) is 3. The number of halogens is 1. The van der Waals surface area contributed by atoms with Gasteiger partial charge in [-0.15, -0.1) is 0 Å². The first-order chi connectivity index (χ1) is 12.9. The van der Waals surface area contributed by atoms with Gasteiger partial charge >= 0.3 is 0 Å². The summed E-state index contributed by atoms with van der Waals surface area (Å²) in [7, 11) is 0. The van der Waals surface area contributed by atoms with E-state index in [4.69, 9.17) is 0 Å². The van der Waals surface area contributed by atoms with E-state index in [1.54, 1.807) is 6.07 Å². The van der Waals surface area contributed by atoms with Gasteiger partial charge in [0.15, 0.2) is 0 Å². The van der Waals surface area contributed by atoms with E-state index >= 15 is 0 Å². The lowest BCUT2D eigenvalue weighted by atomic mass is 10.1. The summed E-state index contributed by atoms with van der Waals surface area (Å²) in [4.78, 5) is 38.5. The molecule has 27 heavy (non-hydrogen) atoms. The van der Waals surface area contributed by atoms with E-state index in [1.807, 2.05) is 0 Å². The molecule has 2 aromatic carbocycles. The molecule has 8 nitrogen and oxygen atoms in total. The maximum absolute atomic E-state index is 13.8. The van der Waals surface area contributed by atoms with Gasteiger partial charge in [0.2, 0.25) is 5.91 Å². The van der Waals surface area contributed by atoms with Gasteiger partial charge in [0.25, 0.3) is 11.2 Å². The van der Waals surface area contributed by atoms with Crippen LogP contribution in [0.3, 0.4) is 0 Å². The molecule has 0 spiro atoms. The van der Waals surface area contributed by atoms with Crippen molar-refractivity contribution in [2.75, 3.05) is 5.32 Å². The molecule has 0 bridgehead atoms. The maximum atomic E-state index is 13.8. The molecule has 0 aliphatic rings. The number of carbonyl (C=O) groups is 1. The molecule has 136 valence electrons. The van der Waals surface area contributed by atoms with Gasteiger partial charge in [-0.05, 0) is 18.2 Å². The highest BCUT2D eigenvalue weighted by molar-refractivity contribution is 5.90. The number of amides is 1. The zero-order valence-corrected chi connectivity index (χ0v) is 13.8. The van der Waals surface area contributed by atoms with Crippen molar-refractivity contribution in [1.82, 2.24) is 9.55 Å². The first-order valence-electron chi connectivity index (χ1n) is 7.80. The minimum Gasteiger partial charge on any atom is -0.324 e. The molecule has 0 saturated heterocycles. The van der Waals surface area contributed by atoms with Crippen LogP contribution in [0.4, 0.5) is 15.8 Å². The van der Waals surface area contributed by atoms with Crippen LogP contribution in [-0.2, 0) is 11.3 Å². The average Bonchev–Trinajstić information content (AvgIpc) is 2.64. The number of carbonyl (C=O) groups excluding carboxylic acids is 1. The highest BCUT2D eigenvalue weighted by atomic mass is 19.1. The number of hydrogen-bond donors (Lipinski definition) is 1. The van der Waals surface area contributed by atoms with E-state index in [1.165, 1.54) is 42.5 Å². The number of anilines is 1. The lowest BCUT2D eigenvalue weighted by Crippen LogP contribution is -2.27. The fourth-order valence-electron chi connectivity index (χ4n) is 2.41. The molecule has 1 aromatic heterocycles. The van der Waals surface area contributed by atoms with Gasteiger partial charge in [-0.1, -0.05) is 18.2 Å². The molecular formula is C18H13FN4O4. The summed E-state index contributed by atoms with van der Waals surface area (Å²) in [5, 5.41) is 13.2. The van der Waals surface area contributed by atoms with Gasteiger partial charge in [-0.2, -0.15) is 0 Å². The summed E-state index contributed by atoms with van der Waals surface area (Å²) in [5.74, 6) is -1.07. The molecule has 1 N–H and O–H groups in total. The molecule has 0 aliphatic heterocycles. The Bertz CT molecular complexity index is 1080. The van der Waals surface area contributed by atoms with Crippen LogP contribution in [0, 0.1) is 15.9 Å². The lowest BCUT2D eigenvalue weighted by molar-refractivity contribution is -0.384. The second kappa shape index (κ2) is 7.56. The van der Waals surface area contributed by atoms with E-state index < -0.39 is 22.2 Å². The molecule has 1 amide bonds. The summed E-state index contributed by atoms with van der Waals surface area (Å²) < 4.78 is 14.8. The number of aromatic nitrogens is 2. The van der Waals surface area contributed by atoms with Crippen LogP contribution in [0.5, 0.6) is 0 Å². The van der Waals surface area contributed by atoms with E-state index in [0.29, 0.717) is 0 Å². The number of hydrogen-bond acceptors (Lipinski definition) is 5. The SMILES string of the molecule is O=C(Cn1cnc(-c2ccccc2F)cc1=O)Nc1cccc([N+](=O)[O-])c1. The zero-order valence-electron chi connectivity index (χ0n) is 13.8. The Hall–Kier alpha value is -3.88. The van der Waals surface area contributed by atoms with Crippen molar-refractivity contribution in [3.05, 3.63) is 87.2 Å². The van der Waals surface area contributed by atoms with Crippen LogP contribution in [-0.4, -0.2) is 20.4 Å². The largest absolute Gasteiger partial charge is 0.324 e. The Balaban J connectivity index is 1.75. The predicted molar refractivity (Wildman–Crippen MR) is 95.6 cm³/mol. The van der Waals surface area contributed by atoms with Crippen molar-refractivity contribution in [3.8, 4) is 11.3 Å². The van der Waals surface area contributed by atoms with Crippen LogP contribution >= 0.6 is 0 Å². The number of nitro benzene ring substituents is 1. The third-order valence-corrected chi connectivity index (χ3v) is 3.68. The number of rotatable bonds is 5. The summed E-state index contributed by atoms with van der Waals surface area (Å²) in [6, 6.07) is 12.5. The van der Waals surface area contributed by atoms with Gasteiger partial charge in [0.1, 0.15) is 12.4 Å². The Labute approximate surface area is 152 Å². The van der Waals surface area contributed by atoms with Gasteiger partial charge in [0.05, 0.1) is 16.9 Å². The highest BCUT2D eigenvalue weighted by Crippen LogP contribution is 2.19. The minimum atomic E-state index is -0.578. The Kier molecular flexibility index (Phi) is 5.02. The van der Waals surface area contributed by atoms with Crippen molar-refractivity contribution < 1.29 is 14.1 Å². The van der Waals surface area contributed by atoms with E-state index in [0.717, 1.165) is 17.0 Å². The lowest BCUT2D eigenvalue weighted by Gasteiger charge is -2.08. The molecule has 0 atom stereocenters. The fourth-order valence-corrected chi connectivity index (χ4v) is 2.41. The smallest absolute Gasteiger partial charge is 0.271 e.